The lowest BCUT2D eigenvalue weighted by atomic mass is 9.91. The van der Waals surface area contributed by atoms with Crippen LogP contribution in [0.1, 0.15) is 18.4 Å². The van der Waals surface area contributed by atoms with Gasteiger partial charge >= 0.3 is 12.2 Å². The van der Waals surface area contributed by atoms with Gasteiger partial charge in [-0.3, -0.25) is 0 Å². The Labute approximate surface area is 138 Å². The Balaban J connectivity index is 1.91. The van der Waals surface area contributed by atoms with E-state index < -0.39 is 18.2 Å². The molecule has 0 radical (unpaired) electrons. The number of likely N-dealkylation sites (tertiary alicyclic amines) is 1. The zero-order valence-corrected chi connectivity index (χ0v) is 13.6. The van der Waals surface area contributed by atoms with Crippen LogP contribution in [0, 0.1) is 12.8 Å². The average molecular weight is 346 g/mol. The first-order valence-electron chi connectivity index (χ1n) is 7.67. The molecule has 1 fully saturated rings. The van der Waals surface area contributed by atoms with Crippen molar-refractivity contribution in [3.8, 4) is 5.75 Å². The summed E-state index contributed by atoms with van der Waals surface area (Å²) in [5.74, 6) is -0.191. The highest BCUT2D eigenvalue weighted by Crippen LogP contribution is 2.31. The van der Waals surface area contributed by atoms with Crippen molar-refractivity contribution >= 4 is 11.7 Å². The van der Waals surface area contributed by atoms with E-state index in [0.717, 1.165) is 5.56 Å². The summed E-state index contributed by atoms with van der Waals surface area (Å²) in [7, 11) is 1.55. The van der Waals surface area contributed by atoms with Crippen molar-refractivity contribution in [2.24, 2.45) is 5.92 Å². The third-order valence-corrected chi connectivity index (χ3v) is 4.28. The topological polar surface area (TPSA) is 61.8 Å². The van der Waals surface area contributed by atoms with Crippen LogP contribution < -0.4 is 10.1 Å². The lowest BCUT2D eigenvalue weighted by Crippen LogP contribution is -2.46. The van der Waals surface area contributed by atoms with Crippen molar-refractivity contribution in [1.82, 2.24) is 4.90 Å². The lowest BCUT2D eigenvalue weighted by molar-refractivity contribution is -0.222. The maximum Gasteiger partial charge on any atom is 0.414 e. The summed E-state index contributed by atoms with van der Waals surface area (Å²) in [5.41, 5.74) is 1.45. The standard InChI is InChI=1S/C16H21F3N2O3/c1-10-9-12(24-2)3-4-13(10)20-15(23)21-7-5-11(6-8-21)14(22)16(17,18)19/h3-4,9,11,14,22H,5-8H2,1-2H3,(H,20,23). The molecule has 1 aromatic carbocycles. The van der Waals surface area contributed by atoms with E-state index in [2.05, 4.69) is 5.32 Å². The number of hydrogen-bond acceptors (Lipinski definition) is 3. The molecule has 134 valence electrons. The normalized spacial score (nSPS) is 17.5. The summed E-state index contributed by atoms with van der Waals surface area (Å²) in [5, 5.41) is 12.1. The number of halogens is 3. The van der Waals surface area contributed by atoms with Gasteiger partial charge in [-0.05, 0) is 49.4 Å². The number of hydrogen-bond donors (Lipinski definition) is 2. The molecule has 5 nitrogen and oxygen atoms in total. The Morgan fingerprint density at radius 2 is 2.00 bits per heavy atom. The molecule has 1 saturated heterocycles. The van der Waals surface area contributed by atoms with Crippen molar-refractivity contribution in [1.29, 1.82) is 0 Å². The van der Waals surface area contributed by atoms with Gasteiger partial charge in [-0.1, -0.05) is 0 Å². The number of rotatable bonds is 3. The molecule has 8 heteroatoms. The molecular weight excluding hydrogens is 325 g/mol. The monoisotopic (exact) mass is 346 g/mol. The van der Waals surface area contributed by atoms with Crippen LogP contribution in [0.4, 0.5) is 23.7 Å². The van der Waals surface area contributed by atoms with Crippen molar-refractivity contribution in [2.45, 2.75) is 32.0 Å². The fourth-order valence-corrected chi connectivity index (χ4v) is 2.78. The summed E-state index contributed by atoms with van der Waals surface area (Å²) < 4.78 is 42.7. The lowest BCUT2D eigenvalue weighted by Gasteiger charge is -2.34. The number of amides is 2. The van der Waals surface area contributed by atoms with E-state index in [0.29, 0.717) is 11.4 Å². The minimum atomic E-state index is -4.62. The molecule has 1 aliphatic heterocycles. The minimum absolute atomic E-state index is 0.121. The number of aliphatic hydroxyl groups is 1. The van der Waals surface area contributed by atoms with Gasteiger partial charge < -0.3 is 20.1 Å². The third-order valence-electron chi connectivity index (χ3n) is 4.28. The molecule has 1 heterocycles. The number of ether oxygens (including phenoxy) is 1. The van der Waals surface area contributed by atoms with E-state index in [1.165, 1.54) is 4.90 Å². The Morgan fingerprint density at radius 1 is 1.38 bits per heavy atom. The first kappa shape index (κ1) is 18.4. The van der Waals surface area contributed by atoms with Crippen LogP contribution in [0.3, 0.4) is 0 Å². The largest absolute Gasteiger partial charge is 0.497 e. The van der Waals surface area contributed by atoms with Crippen LogP contribution >= 0.6 is 0 Å². The first-order chi connectivity index (χ1) is 11.2. The third kappa shape index (κ3) is 4.31. The molecule has 0 spiro atoms. The zero-order chi connectivity index (χ0) is 17.9. The Hall–Kier alpha value is -1.96. The summed E-state index contributed by atoms with van der Waals surface area (Å²) >= 11 is 0. The van der Waals surface area contributed by atoms with E-state index in [4.69, 9.17) is 4.74 Å². The van der Waals surface area contributed by atoms with E-state index in [1.807, 2.05) is 6.92 Å². The van der Waals surface area contributed by atoms with Gasteiger partial charge in [0.15, 0.2) is 6.10 Å². The number of alkyl halides is 3. The molecule has 0 aromatic heterocycles. The number of urea groups is 1. The van der Waals surface area contributed by atoms with E-state index >= 15 is 0 Å². The summed E-state index contributed by atoms with van der Waals surface area (Å²) in [6.45, 7) is 2.18. The second kappa shape index (κ2) is 7.29. The number of methoxy groups -OCH3 is 1. The molecule has 1 atom stereocenters. The highest BCUT2D eigenvalue weighted by atomic mass is 19.4. The van der Waals surface area contributed by atoms with Crippen LogP contribution in [-0.4, -0.2) is 48.5 Å². The number of aryl methyl sites for hydroxylation is 1. The van der Waals surface area contributed by atoms with Crippen molar-refractivity contribution in [2.75, 3.05) is 25.5 Å². The van der Waals surface area contributed by atoms with Crippen molar-refractivity contribution < 1.29 is 27.8 Å². The molecule has 0 aliphatic carbocycles. The van der Waals surface area contributed by atoms with Crippen LogP contribution in [0.15, 0.2) is 18.2 Å². The molecule has 1 aliphatic rings. The summed E-state index contributed by atoms with van der Waals surface area (Å²) in [4.78, 5) is 13.7. The number of aliphatic hydroxyl groups excluding tert-OH is 1. The average Bonchev–Trinajstić information content (AvgIpc) is 2.55. The molecule has 1 aromatic rings. The first-order valence-corrected chi connectivity index (χ1v) is 7.67. The number of carbonyl (C=O) groups excluding carboxylic acids is 1. The van der Waals surface area contributed by atoms with Gasteiger partial charge in [0.25, 0.3) is 0 Å². The van der Waals surface area contributed by atoms with Crippen molar-refractivity contribution in [3.63, 3.8) is 0 Å². The molecule has 2 rings (SSSR count). The van der Waals surface area contributed by atoms with E-state index in [9.17, 15) is 23.1 Å². The Bertz CT molecular complexity index is 584. The van der Waals surface area contributed by atoms with E-state index in [-0.39, 0.29) is 32.0 Å². The Morgan fingerprint density at radius 3 is 2.50 bits per heavy atom. The van der Waals surface area contributed by atoms with Gasteiger partial charge in [0.2, 0.25) is 0 Å². The predicted octanol–water partition coefficient (Wildman–Crippen LogP) is 3.17. The number of benzene rings is 1. The van der Waals surface area contributed by atoms with Crippen LogP contribution in [-0.2, 0) is 0 Å². The molecule has 2 amide bonds. The number of carbonyl (C=O) groups is 1. The van der Waals surface area contributed by atoms with Crippen LogP contribution in [0.2, 0.25) is 0 Å². The molecule has 1 unspecified atom stereocenters. The number of nitrogens with zero attached hydrogens (tertiary/aromatic N) is 1. The fraction of sp³-hybridized carbons (Fsp3) is 0.562. The van der Waals surface area contributed by atoms with Crippen LogP contribution in [0.5, 0.6) is 5.75 Å². The van der Waals surface area contributed by atoms with Gasteiger partial charge in [-0.2, -0.15) is 13.2 Å². The van der Waals surface area contributed by atoms with Gasteiger partial charge in [0, 0.05) is 18.8 Å². The minimum Gasteiger partial charge on any atom is -0.497 e. The zero-order valence-electron chi connectivity index (χ0n) is 13.6. The van der Waals surface area contributed by atoms with E-state index in [1.54, 1.807) is 25.3 Å². The molecule has 24 heavy (non-hydrogen) atoms. The fourth-order valence-electron chi connectivity index (χ4n) is 2.78. The smallest absolute Gasteiger partial charge is 0.414 e. The maximum absolute atomic E-state index is 12.5. The number of nitrogens with one attached hydrogen (secondary N) is 1. The summed E-state index contributed by atoms with van der Waals surface area (Å²) in [6.07, 6.45) is -6.70. The van der Waals surface area contributed by atoms with Crippen LogP contribution in [0.25, 0.3) is 0 Å². The maximum atomic E-state index is 12.5. The molecular formula is C16H21F3N2O3. The second-order valence-electron chi connectivity index (χ2n) is 5.92. The van der Waals surface area contributed by atoms with Gasteiger partial charge in [-0.25, -0.2) is 4.79 Å². The molecule has 0 bridgehead atoms. The molecule has 2 N–H and O–H groups in total. The van der Waals surface area contributed by atoms with Gasteiger partial charge in [0.1, 0.15) is 5.75 Å². The van der Waals surface area contributed by atoms with Gasteiger partial charge in [0.05, 0.1) is 7.11 Å². The number of piperidine rings is 1. The quantitative estimate of drug-likeness (QED) is 0.884. The predicted molar refractivity (Wildman–Crippen MR) is 83.1 cm³/mol. The highest BCUT2D eigenvalue weighted by molar-refractivity contribution is 5.90. The molecule has 0 saturated carbocycles. The Kier molecular flexibility index (Phi) is 5.58. The van der Waals surface area contributed by atoms with Gasteiger partial charge in [-0.15, -0.1) is 0 Å². The van der Waals surface area contributed by atoms with Crippen molar-refractivity contribution in [3.05, 3.63) is 23.8 Å². The second-order valence-corrected chi connectivity index (χ2v) is 5.92. The highest BCUT2D eigenvalue weighted by Gasteiger charge is 2.44. The number of anilines is 1. The summed E-state index contributed by atoms with van der Waals surface area (Å²) in [6, 6.07) is 4.85. The SMILES string of the molecule is COc1ccc(NC(=O)N2CCC(C(O)C(F)(F)F)CC2)c(C)c1.